The van der Waals surface area contributed by atoms with Crippen molar-refractivity contribution in [1.29, 1.82) is 0 Å². The van der Waals surface area contributed by atoms with E-state index in [1.807, 2.05) is 6.92 Å². The van der Waals surface area contributed by atoms with Gasteiger partial charge < -0.3 is 19.7 Å². The standard InChI is InChI=1S/C15H27N3O5S/c1-2-22-13-9-12(15(13)6-4-8-23-15)17-14(19)18-7-3-5-11(18)10-24(16,20)21/h11-13H,2-10H2,1H3,(H,17,19)(H2,16,20,21). The molecule has 0 aromatic carbocycles. The molecule has 2 aliphatic heterocycles. The quantitative estimate of drug-likeness (QED) is 0.725. The summed E-state index contributed by atoms with van der Waals surface area (Å²) in [4.78, 5) is 14.2. The first-order chi connectivity index (χ1) is 11.4. The van der Waals surface area contributed by atoms with Crippen LogP contribution in [-0.2, 0) is 19.5 Å². The SMILES string of the molecule is CCOC1CC(NC(=O)N2CCCC2CS(N)(=O)=O)C12CCCO2. The Hall–Kier alpha value is -0.900. The van der Waals surface area contributed by atoms with Gasteiger partial charge in [0.15, 0.2) is 0 Å². The number of nitrogens with one attached hydrogen (secondary N) is 1. The zero-order chi connectivity index (χ0) is 17.4. The molecule has 9 heteroatoms. The average Bonchev–Trinajstić information content (AvgIpc) is 3.14. The van der Waals surface area contributed by atoms with E-state index in [4.69, 9.17) is 14.6 Å². The number of sulfonamides is 1. The summed E-state index contributed by atoms with van der Waals surface area (Å²) < 4.78 is 34.4. The van der Waals surface area contributed by atoms with E-state index in [2.05, 4.69) is 5.32 Å². The molecule has 0 aromatic rings. The van der Waals surface area contributed by atoms with E-state index in [0.717, 1.165) is 25.7 Å². The fourth-order valence-electron chi connectivity index (χ4n) is 4.26. The minimum atomic E-state index is -3.60. The summed E-state index contributed by atoms with van der Waals surface area (Å²) in [5, 5.41) is 8.18. The van der Waals surface area contributed by atoms with Gasteiger partial charge in [0.05, 0.1) is 17.9 Å². The first-order valence-electron chi connectivity index (χ1n) is 8.69. The summed E-state index contributed by atoms with van der Waals surface area (Å²) in [5.74, 6) is -0.186. The molecule has 1 saturated carbocycles. The Labute approximate surface area is 143 Å². The molecule has 1 spiro atoms. The molecule has 2 heterocycles. The Kier molecular flexibility index (Phi) is 5.06. The van der Waals surface area contributed by atoms with Gasteiger partial charge in [-0.1, -0.05) is 0 Å². The first kappa shape index (κ1) is 17.9. The smallest absolute Gasteiger partial charge is 0.317 e. The van der Waals surface area contributed by atoms with Crippen LogP contribution in [-0.4, -0.2) is 68.6 Å². The minimum Gasteiger partial charge on any atom is -0.375 e. The van der Waals surface area contributed by atoms with Gasteiger partial charge >= 0.3 is 6.03 Å². The molecule has 1 aliphatic carbocycles. The molecule has 24 heavy (non-hydrogen) atoms. The lowest BCUT2D eigenvalue weighted by molar-refractivity contribution is -0.195. The zero-order valence-corrected chi connectivity index (χ0v) is 14.9. The third-order valence-electron chi connectivity index (χ3n) is 5.40. The lowest BCUT2D eigenvalue weighted by atomic mass is 9.70. The van der Waals surface area contributed by atoms with Crippen LogP contribution in [0.1, 0.15) is 39.0 Å². The highest BCUT2D eigenvalue weighted by molar-refractivity contribution is 7.89. The lowest BCUT2D eigenvalue weighted by Gasteiger charge is -2.52. The van der Waals surface area contributed by atoms with Crippen molar-refractivity contribution in [2.24, 2.45) is 5.14 Å². The molecule has 3 aliphatic rings. The molecular weight excluding hydrogens is 334 g/mol. The van der Waals surface area contributed by atoms with Gasteiger partial charge in [-0.15, -0.1) is 0 Å². The summed E-state index contributed by atoms with van der Waals surface area (Å²) in [7, 11) is -3.60. The fourth-order valence-corrected chi connectivity index (χ4v) is 5.14. The van der Waals surface area contributed by atoms with Gasteiger partial charge in [-0.05, 0) is 39.0 Å². The Balaban J connectivity index is 1.62. The second-order valence-corrected chi connectivity index (χ2v) is 8.57. The molecule has 138 valence electrons. The molecule has 8 nitrogen and oxygen atoms in total. The number of carbonyl (C=O) groups is 1. The number of nitrogens with two attached hydrogens (primary N) is 1. The van der Waals surface area contributed by atoms with Crippen LogP contribution < -0.4 is 10.5 Å². The second-order valence-electron chi connectivity index (χ2n) is 6.91. The number of primary sulfonamides is 1. The largest absolute Gasteiger partial charge is 0.375 e. The van der Waals surface area contributed by atoms with Crippen LogP contribution in [0.4, 0.5) is 4.79 Å². The van der Waals surface area contributed by atoms with Gasteiger partial charge in [0.2, 0.25) is 10.0 Å². The van der Waals surface area contributed by atoms with Crippen molar-refractivity contribution in [3.63, 3.8) is 0 Å². The van der Waals surface area contributed by atoms with Gasteiger partial charge in [0, 0.05) is 25.8 Å². The maximum Gasteiger partial charge on any atom is 0.317 e. The highest BCUT2D eigenvalue weighted by Gasteiger charge is 2.59. The van der Waals surface area contributed by atoms with E-state index >= 15 is 0 Å². The number of ether oxygens (including phenoxy) is 2. The van der Waals surface area contributed by atoms with Gasteiger partial charge in [-0.3, -0.25) is 0 Å². The van der Waals surface area contributed by atoms with Crippen LogP contribution in [0.15, 0.2) is 0 Å². The van der Waals surface area contributed by atoms with Gasteiger partial charge in [-0.2, -0.15) is 0 Å². The van der Waals surface area contributed by atoms with Gasteiger partial charge in [-0.25, -0.2) is 18.4 Å². The molecule has 4 unspecified atom stereocenters. The number of hydrogen-bond donors (Lipinski definition) is 2. The predicted molar refractivity (Wildman–Crippen MR) is 88.0 cm³/mol. The number of nitrogens with zero attached hydrogens (tertiary/aromatic N) is 1. The number of hydrogen-bond acceptors (Lipinski definition) is 5. The molecule has 2 saturated heterocycles. The van der Waals surface area contributed by atoms with Crippen molar-refractivity contribution < 1.29 is 22.7 Å². The number of carbonyl (C=O) groups excluding carboxylic acids is 1. The highest BCUT2D eigenvalue weighted by Crippen LogP contribution is 2.45. The van der Waals surface area contributed by atoms with E-state index in [1.165, 1.54) is 0 Å². The van der Waals surface area contributed by atoms with Crippen LogP contribution in [0, 0.1) is 0 Å². The van der Waals surface area contributed by atoms with E-state index in [-0.39, 0.29) is 30.0 Å². The van der Waals surface area contributed by atoms with Crippen molar-refractivity contribution in [1.82, 2.24) is 10.2 Å². The summed E-state index contributed by atoms with van der Waals surface area (Å²) in [6, 6.07) is -0.654. The van der Waals surface area contributed by atoms with Crippen LogP contribution in [0.5, 0.6) is 0 Å². The Morgan fingerprint density at radius 2 is 2.25 bits per heavy atom. The monoisotopic (exact) mass is 361 g/mol. The maximum atomic E-state index is 12.6. The normalized spacial score (nSPS) is 36.1. The topological polar surface area (TPSA) is 111 Å². The molecule has 3 rings (SSSR count). The van der Waals surface area contributed by atoms with Crippen molar-refractivity contribution in [3.8, 4) is 0 Å². The second kappa shape index (κ2) is 6.78. The van der Waals surface area contributed by atoms with E-state index < -0.39 is 15.6 Å². The number of rotatable bonds is 5. The van der Waals surface area contributed by atoms with E-state index in [9.17, 15) is 13.2 Å². The van der Waals surface area contributed by atoms with Crippen LogP contribution in [0.25, 0.3) is 0 Å². The highest BCUT2D eigenvalue weighted by atomic mass is 32.2. The van der Waals surface area contributed by atoms with Crippen molar-refractivity contribution in [2.75, 3.05) is 25.5 Å². The molecule has 0 radical (unpaired) electrons. The van der Waals surface area contributed by atoms with Crippen LogP contribution in [0.2, 0.25) is 0 Å². The minimum absolute atomic E-state index is 0.0223. The third-order valence-corrected chi connectivity index (χ3v) is 6.24. The Morgan fingerprint density at radius 3 is 2.88 bits per heavy atom. The summed E-state index contributed by atoms with van der Waals surface area (Å²) in [6.07, 6.45) is 4.05. The number of amides is 2. The van der Waals surface area contributed by atoms with E-state index in [1.54, 1.807) is 4.90 Å². The lowest BCUT2D eigenvalue weighted by Crippen LogP contribution is -2.70. The van der Waals surface area contributed by atoms with Gasteiger partial charge in [0.25, 0.3) is 0 Å². The van der Waals surface area contributed by atoms with Crippen LogP contribution >= 0.6 is 0 Å². The fraction of sp³-hybridized carbons (Fsp3) is 0.933. The van der Waals surface area contributed by atoms with Crippen molar-refractivity contribution in [2.45, 2.75) is 62.8 Å². The molecule has 0 aromatic heterocycles. The first-order valence-corrected chi connectivity index (χ1v) is 10.4. The maximum absolute atomic E-state index is 12.6. The van der Waals surface area contributed by atoms with E-state index in [0.29, 0.717) is 26.2 Å². The molecule has 0 bridgehead atoms. The van der Waals surface area contributed by atoms with Crippen LogP contribution in [0.3, 0.4) is 0 Å². The Bertz CT molecular complexity index is 576. The summed E-state index contributed by atoms with van der Waals surface area (Å²) >= 11 is 0. The third kappa shape index (κ3) is 3.40. The summed E-state index contributed by atoms with van der Waals surface area (Å²) in [6.45, 7) is 3.82. The molecule has 4 atom stereocenters. The van der Waals surface area contributed by atoms with Crippen molar-refractivity contribution in [3.05, 3.63) is 0 Å². The molecule has 3 N–H and O–H groups in total. The molecule has 3 fully saturated rings. The van der Waals surface area contributed by atoms with Gasteiger partial charge in [0.1, 0.15) is 5.60 Å². The zero-order valence-electron chi connectivity index (χ0n) is 14.1. The molecule has 2 amide bonds. The average molecular weight is 361 g/mol. The summed E-state index contributed by atoms with van der Waals surface area (Å²) in [5.41, 5.74) is -0.416. The number of urea groups is 1. The Morgan fingerprint density at radius 1 is 1.46 bits per heavy atom. The van der Waals surface area contributed by atoms with Crippen molar-refractivity contribution >= 4 is 16.1 Å². The predicted octanol–water partition coefficient (Wildman–Crippen LogP) is 0.176. The number of likely N-dealkylation sites (tertiary alicyclic amines) is 1. The molecular formula is C15H27N3O5S.